The zero-order valence-corrected chi connectivity index (χ0v) is 10.7. The maximum atomic E-state index is 13.0. The molecule has 0 saturated heterocycles. The number of rotatable bonds is 3. The number of nitrogens with one attached hydrogen (secondary N) is 1. The van der Waals surface area contributed by atoms with Gasteiger partial charge in [0.25, 0.3) is 0 Å². The van der Waals surface area contributed by atoms with Gasteiger partial charge in [0.15, 0.2) is 0 Å². The van der Waals surface area contributed by atoms with E-state index in [4.69, 9.17) is 18.0 Å². The summed E-state index contributed by atoms with van der Waals surface area (Å²) >= 11 is 5.00. The summed E-state index contributed by atoms with van der Waals surface area (Å²) in [6.07, 6.45) is 0. The van der Waals surface area contributed by atoms with Crippen molar-refractivity contribution >= 4 is 28.6 Å². The summed E-state index contributed by atoms with van der Waals surface area (Å²) < 4.78 is 13.0. The van der Waals surface area contributed by atoms with Gasteiger partial charge in [-0.3, -0.25) is 0 Å². The van der Waals surface area contributed by atoms with Crippen LogP contribution in [0.2, 0.25) is 0 Å². The molecule has 0 heterocycles. The Morgan fingerprint density at radius 2 is 1.89 bits per heavy atom. The van der Waals surface area contributed by atoms with Gasteiger partial charge in [0.1, 0.15) is 10.8 Å². The molecule has 2 aromatic carbocycles. The summed E-state index contributed by atoms with van der Waals surface area (Å²) in [5.74, 6) is -0.249. The average Bonchev–Trinajstić information content (AvgIpc) is 2.33. The summed E-state index contributed by atoms with van der Waals surface area (Å²) in [5.41, 5.74) is 8.92. The third-order valence-corrected chi connectivity index (χ3v) is 2.87. The molecule has 2 aromatic rings. The van der Waals surface area contributed by atoms with E-state index in [1.165, 1.54) is 12.1 Å². The van der Waals surface area contributed by atoms with Crippen LogP contribution in [0.3, 0.4) is 0 Å². The summed E-state index contributed by atoms with van der Waals surface area (Å²) in [5, 5.41) is 3.22. The lowest BCUT2D eigenvalue weighted by Gasteiger charge is -2.13. The van der Waals surface area contributed by atoms with Crippen molar-refractivity contribution in [3.05, 3.63) is 59.4 Å². The first-order valence-corrected chi connectivity index (χ1v) is 5.91. The zero-order valence-electron chi connectivity index (χ0n) is 9.91. The van der Waals surface area contributed by atoms with Gasteiger partial charge in [0, 0.05) is 16.9 Å². The van der Waals surface area contributed by atoms with E-state index in [9.17, 15) is 4.39 Å². The summed E-state index contributed by atoms with van der Waals surface area (Å²) in [6, 6.07) is 12.1. The molecule has 0 aliphatic rings. The Balaban J connectivity index is 2.37. The summed E-state index contributed by atoms with van der Waals surface area (Å²) in [7, 11) is 0. The Kier molecular flexibility index (Phi) is 3.58. The van der Waals surface area contributed by atoms with E-state index < -0.39 is 0 Å². The fourth-order valence-corrected chi connectivity index (χ4v) is 1.90. The molecule has 0 atom stereocenters. The average molecular weight is 260 g/mol. The minimum absolute atomic E-state index is 0.249. The molecular formula is C14H13FN2S. The van der Waals surface area contributed by atoms with Crippen LogP contribution in [0.5, 0.6) is 0 Å². The number of hydrogen-bond acceptors (Lipinski definition) is 2. The number of anilines is 2. The van der Waals surface area contributed by atoms with E-state index in [2.05, 4.69) is 5.32 Å². The topological polar surface area (TPSA) is 38.0 Å². The number of halogens is 1. The lowest BCUT2D eigenvalue weighted by molar-refractivity contribution is 0.627. The van der Waals surface area contributed by atoms with Crippen LogP contribution in [-0.4, -0.2) is 4.99 Å². The second kappa shape index (κ2) is 5.14. The highest BCUT2D eigenvalue weighted by atomic mass is 32.1. The van der Waals surface area contributed by atoms with E-state index in [0.717, 1.165) is 22.5 Å². The largest absolute Gasteiger partial charge is 0.389 e. The Labute approximate surface area is 111 Å². The van der Waals surface area contributed by atoms with Crippen molar-refractivity contribution in [3.8, 4) is 0 Å². The minimum Gasteiger partial charge on any atom is -0.389 e. The van der Waals surface area contributed by atoms with Crippen LogP contribution in [0.15, 0.2) is 42.5 Å². The van der Waals surface area contributed by atoms with Crippen LogP contribution in [0.25, 0.3) is 0 Å². The third-order valence-electron chi connectivity index (χ3n) is 2.65. The maximum absolute atomic E-state index is 13.0. The normalized spacial score (nSPS) is 10.1. The molecule has 92 valence electrons. The quantitative estimate of drug-likeness (QED) is 0.829. The molecule has 0 spiro atoms. The molecule has 0 aliphatic carbocycles. The van der Waals surface area contributed by atoms with E-state index in [-0.39, 0.29) is 5.82 Å². The smallest absolute Gasteiger partial charge is 0.123 e. The van der Waals surface area contributed by atoms with Gasteiger partial charge in [0.2, 0.25) is 0 Å². The van der Waals surface area contributed by atoms with Crippen LogP contribution in [0, 0.1) is 12.7 Å². The molecular weight excluding hydrogens is 247 g/mol. The SMILES string of the molecule is Cc1cc(F)ccc1Nc1ccccc1C(N)=S. The highest BCUT2D eigenvalue weighted by Crippen LogP contribution is 2.23. The zero-order chi connectivity index (χ0) is 13.1. The molecule has 0 aliphatic heterocycles. The van der Waals surface area contributed by atoms with Crippen molar-refractivity contribution in [2.75, 3.05) is 5.32 Å². The first-order valence-electron chi connectivity index (χ1n) is 5.50. The number of benzene rings is 2. The predicted molar refractivity (Wildman–Crippen MR) is 76.7 cm³/mol. The van der Waals surface area contributed by atoms with Crippen molar-refractivity contribution in [2.45, 2.75) is 6.92 Å². The van der Waals surface area contributed by atoms with Gasteiger partial charge in [0.05, 0.1) is 0 Å². The standard InChI is InChI=1S/C14H13FN2S/c1-9-8-10(15)6-7-12(9)17-13-5-3-2-4-11(13)14(16)18/h2-8,17H,1H3,(H2,16,18). The molecule has 2 rings (SSSR count). The molecule has 4 heteroatoms. The van der Waals surface area contributed by atoms with Crippen LogP contribution in [0.4, 0.5) is 15.8 Å². The second-order valence-corrected chi connectivity index (χ2v) is 4.43. The molecule has 0 aromatic heterocycles. The van der Waals surface area contributed by atoms with Crippen LogP contribution in [0.1, 0.15) is 11.1 Å². The number of aryl methyl sites for hydroxylation is 1. The molecule has 0 amide bonds. The number of hydrogen-bond donors (Lipinski definition) is 2. The second-order valence-electron chi connectivity index (χ2n) is 3.99. The van der Waals surface area contributed by atoms with Gasteiger partial charge in [-0.1, -0.05) is 24.4 Å². The van der Waals surface area contributed by atoms with Crippen molar-refractivity contribution in [3.63, 3.8) is 0 Å². The van der Waals surface area contributed by atoms with Crippen molar-refractivity contribution in [1.29, 1.82) is 0 Å². The number of nitrogens with two attached hydrogens (primary N) is 1. The maximum Gasteiger partial charge on any atom is 0.123 e. The van der Waals surface area contributed by atoms with Crippen molar-refractivity contribution < 1.29 is 4.39 Å². The highest BCUT2D eigenvalue weighted by Gasteiger charge is 2.06. The van der Waals surface area contributed by atoms with Gasteiger partial charge >= 0.3 is 0 Å². The van der Waals surface area contributed by atoms with Crippen molar-refractivity contribution in [2.24, 2.45) is 5.73 Å². The molecule has 0 bridgehead atoms. The first-order chi connectivity index (χ1) is 8.58. The Morgan fingerprint density at radius 3 is 2.56 bits per heavy atom. The number of para-hydroxylation sites is 1. The fourth-order valence-electron chi connectivity index (χ4n) is 1.72. The molecule has 0 fully saturated rings. The molecule has 18 heavy (non-hydrogen) atoms. The molecule has 0 unspecified atom stereocenters. The first kappa shape index (κ1) is 12.5. The van der Waals surface area contributed by atoms with Crippen LogP contribution in [-0.2, 0) is 0 Å². The Bertz CT molecular complexity index is 596. The van der Waals surface area contributed by atoms with Crippen LogP contribution < -0.4 is 11.1 Å². The summed E-state index contributed by atoms with van der Waals surface area (Å²) in [6.45, 7) is 1.84. The lowest BCUT2D eigenvalue weighted by Crippen LogP contribution is -2.11. The lowest BCUT2D eigenvalue weighted by atomic mass is 10.1. The Morgan fingerprint density at radius 1 is 1.17 bits per heavy atom. The number of thiocarbonyl (C=S) groups is 1. The highest BCUT2D eigenvalue weighted by molar-refractivity contribution is 7.80. The molecule has 0 saturated carbocycles. The Hall–Kier alpha value is -1.94. The van der Waals surface area contributed by atoms with E-state index in [0.29, 0.717) is 4.99 Å². The summed E-state index contributed by atoms with van der Waals surface area (Å²) in [4.78, 5) is 0.331. The molecule has 0 radical (unpaired) electrons. The van der Waals surface area contributed by atoms with E-state index >= 15 is 0 Å². The van der Waals surface area contributed by atoms with Gasteiger partial charge in [-0.2, -0.15) is 0 Å². The van der Waals surface area contributed by atoms with E-state index in [1.54, 1.807) is 6.07 Å². The third kappa shape index (κ3) is 2.65. The van der Waals surface area contributed by atoms with Gasteiger partial charge in [-0.05, 0) is 42.8 Å². The monoisotopic (exact) mass is 260 g/mol. The van der Waals surface area contributed by atoms with Gasteiger partial charge in [-0.15, -0.1) is 0 Å². The minimum atomic E-state index is -0.249. The van der Waals surface area contributed by atoms with Gasteiger partial charge in [-0.25, -0.2) is 4.39 Å². The molecule has 3 N–H and O–H groups in total. The van der Waals surface area contributed by atoms with E-state index in [1.807, 2.05) is 31.2 Å². The fraction of sp³-hybridized carbons (Fsp3) is 0.0714. The van der Waals surface area contributed by atoms with Gasteiger partial charge < -0.3 is 11.1 Å². The van der Waals surface area contributed by atoms with Crippen LogP contribution >= 0.6 is 12.2 Å². The van der Waals surface area contributed by atoms with Crippen molar-refractivity contribution in [1.82, 2.24) is 0 Å². The molecule has 2 nitrogen and oxygen atoms in total. The predicted octanol–water partition coefficient (Wildman–Crippen LogP) is 3.51.